The molecule has 0 radical (unpaired) electrons. The fourth-order valence-electron chi connectivity index (χ4n) is 1.40. The van der Waals surface area contributed by atoms with Crippen LogP contribution in [0.1, 0.15) is 12.5 Å². The van der Waals surface area contributed by atoms with Gasteiger partial charge in [0.2, 0.25) is 0 Å². The summed E-state index contributed by atoms with van der Waals surface area (Å²) in [6.45, 7) is 5.00. The van der Waals surface area contributed by atoms with E-state index < -0.39 is 0 Å². The number of nitrogens with one attached hydrogen (secondary N) is 1. The van der Waals surface area contributed by atoms with Crippen LogP contribution in [0.4, 0.5) is 5.69 Å². The number of ether oxygens (including phenoxy) is 1. The van der Waals surface area contributed by atoms with Crippen molar-refractivity contribution in [2.75, 3.05) is 11.9 Å². The number of aryl methyl sites for hydroxylation is 1. The summed E-state index contributed by atoms with van der Waals surface area (Å²) >= 11 is 3.49. The van der Waals surface area contributed by atoms with Crippen molar-refractivity contribution in [2.45, 2.75) is 20.0 Å². The molecule has 13 heavy (non-hydrogen) atoms. The minimum atomic E-state index is 0.257. The smallest absolute Gasteiger partial charge is 0.143 e. The van der Waals surface area contributed by atoms with E-state index in [0.29, 0.717) is 0 Å². The molecule has 0 aliphatic carbocycles. The molecule has 1 aliphatic rings. The molecule has 0 amide bonds. The molecule has 0 aromatic heterocycles. The zero-order valence-corrected chi connectivity index (χ0v) is 9.31. The third-order valence-corrected chi connectivity index (χ3v) is 3.02. The SMILES string of the molecule is Cc1cc2c(cc1Br)NC[C@H](C)O2. The van der Waals surface area contributed by atoms with Crippen molar-refractivity contribution < 1.29 is 4.74 Å². The maximum atomic E-state index is 5.68. The molecule has 0 bridgehead atoms. The predicted molar refractivity (Wildman–Crippen MR) is 57.5 cm³/mol. The fourth-order valence-corrected chi connectivity index (χ4v) is 1.75. The first-order valence-electron chi connectivity index (χ1n) is 4.37. The lowest BCUT2D eigenvalue weighted by Crippen LogP contribution is -2.27. The van der Waals surface area contributed by atoms with E-state index in [4.69, 9.17) is 4.74 Å². The van der Waals surface area contributed by atoms with Crippen LogP contribution in [0.15, 0.2) is 16.6 Å². The van der Waals surface area contributed by atoms with Gasteiger partial charge in [-0.15, -0.1) is 0 Å². The number of anilines is 1. The van der Waals surface area contributed by atoms with Crippen LogP contribution in [0.2, 0.25) is 0 Å². The van der Waals surface area contributed by atoms with Gasteiger partial charge in [0, 0.05) is 4.47 Å². The topological polar surface area (TPSA) is 21.3 Å². The zero-order chi connectivity index (χ0) is 9.42. The molecule has 1 aromatic rings. The maximum Gasteiger partial charge on any atom is 0.143 e. The molecule has 1 N–H and O–H groups in total. The van der Waals surface area contributed by atoms with Crippen LogP contribution in [-0.2, 0) is 0 Å². The van der Waals surface area contributed by atoms with Gasteiger partial charge < -0.3 is 10.1 Å². The lowest BCUT2D eigenvalue weighted by atomic mass is 10.2. The molecule has 0 unspecified atom stereocenters. The summed E-state index contributed by atoms with van der Waals surface area (Å²) in [6.07, 6.45) is 0.257. The minimum absolute atomic E-state index is 0.257. The van der Waals surface area contributed by atoms with Gasteiger partial charge in [0.05, 0.1) is 12.2 Å². The van der Waals surface area contributed by atoms with Crippen molar-refractivity contribution in [1.82, 2.24) is 0 Å². The average Bonchev–Trinajstić information content (AvgIpc) is 2.08. The van der Waals surface area contributed by atoms with Crippen LogP contribution < -0.4 is 10.1 Å². The van der Waals surface area contributed by atoms with Crippen LogP contribution in [0, 0.1) is 6.92 Å². The summed E-state index contributed by atoms with van der Waals surface area (Å²) in [4.78, 5) is 0. The molecule has 1 aromatic carbocycles. The van der Waals surface area contributed by atoms with Crippen molar-refractivity contribution in [3.8, 4) is 5.75 Å². The Morgan fingerprint density at radius 2 is 2.31 bits per heavy atom. The van der Waals surface area contributed by atoms with Crippen molar-refractivity contribution >= 4 is 21.6 Å². The van der Waals surface area contributed by atoms with Gasteiger partial charge in [-0.2, -0.15) is 0 Å². The third kappa shape index (κ3) is 1.66. The Balaban J connectivity index is 2.43. The molecule has 0 saturated heterocycles. The normalized spacial score (nSPS) is 20.1. The van der Waals surface area contributed by atoms with E-state index >= 15 is 0 Å². The molecule has 3 heteroatoms. The Kier molecular flexibility index (Phi) is 2.20. The Morgan fingerprint density at radius 1 is 1.54 bits per heavy atom. The minimum Gasteiger partial charge on any atom is -0.487 e. The Morgan fingerprint density at radius 3 is 3.08 bits per heavy atom. The maximum absolute atomic E-state index is 5.68. The monoisotopic (exact) mass is 241 g/mol. The number of hydrogen-bond acceptors (Lipinski definition) is 2. The molecule has 1 aliphatic heterocycles. The molecule has 0 fully saturated rings. The highest BCUT2D eigenvalue weighted by molar-refractivity contribution is 9.10. The van der Waals surface area contributed by atoms with Crippen LogP contribution in [0.5, 0.6) is 5.75 Å². The molecule has 2 rings (SSSR count). The van der Waals surface area contributed by atoms with Gasteiger partial charge in [-0.3, -0.25) is 0 Å². The lowest BCUT2D eigenvalue weighted by molar-refractivity contribution is 0.226. The van der Waals surface area contributed by atoms with Gasteiger partial charge in [-0.05, 0) is 31.5 Å². The largest absolute Gasteiger partial charge is 0.487 e. The molecule has 1 heterocycles. The van der Waals surface area contributed by atoms with Gasteiger partial charge in [0.25, 0.3) is 0 Å². The number of fused-ring (bicyclic) bond motifs is 1. The van der Waals surface area contributed by atoms with E-state index in [9.17, 15) is 0 Å². The van der Waals surface area contributed by atoms with Gasteiger partial charge in [-0.25, -0.2) is 0 Å². The highest BCUT2D eigenvalue weighted by Crippen LogP contribution is 2.33. The predicted octanol–water partition coefficient (Wildman–Crippen LogP) is 2.95. The number of rotatable bonds is 0. The van der Waals surface area contributed by atoms with E-state index in [1.165, 1.54) is 5.56 Å². The Bertz CT molecular complexity index is 338. The molecule has 70 valence electrons. The van der Waals surface area contributed by atoms with Gasteiger partial charge in [-0.1, -0.05) is 15.9 Å². The molecule has 1 atom stereocenters. The van der Waals surface area contributed by atoms with E-state index in [2.05, 4.69) is 47.2 Å². The zero-order valence-electron chi connectivity index (χ0n) is 7.73. The summed E-state index contributed by atoms with van der Waals surface area (Å²) in [5.41, 5.74) is 2.28. The first-order chi connectivity index (χ1) is 6.16. The van der Waals surface area contributed by atoms with E-state index in [1.807, 2.05) is 0 Å². The molecule has 2 nitrogen and oxygen atoms in total. The first kappa shape index (κ1) is 8.88. The van der Waals surface area contributed by atoms with Gasteiger partial charge in [0.15, 0.2) is 0 Å². The second-order valence-corrected chi connectivity index (χ2v) is 4.26. The van der Waals surface area contributed by atoms with E-state index in [0.717, 1.165) is 22.5 Å². The number of benzene rings is 1. The van der Waals surface area contributed by atoms with Crippen LogP contribution in [-0.4, -0.2) is 12.6 Å². The number of halogens is 1. The first-order valence-corrected chi connectivity index (χ1v) is 5.17. The highest BCUT2D eigenvalue weighted by Gasteiger charge is 2.15. The summed E-state index contributed by atoms with van der Waals surface area (Å²) < 4.78 is 6.81. The quantitative estimate of drug-likeness (QED) is 0.755. The van der Waals surface area contributed by atoms with Crippen molar-refractivity contribution in [1.29, 1.82) is 0 Å². The molecular formula is C10H12BrNO. The highest BCUT2D eigenvalue weighted by atomic mass is 79.9. The van der Waals surface area contributed by atoms with Crippen LogP contribution >= 0.6 is 15.9 Å². The lowest BCUT2D eigenvalue weighted by Gasteiger charge is -2.25. The van der Waals surface area contributed by atoms with E-state index in [-0.39, 0.29) is 6.10 Å². The Hall–Kier alpha value is -0.700. The van der Waals surface area contributed by atoms with Crippen molar-refractivity contribution in [2.24, 2.45) is 0 Å². The Labute approximate surface area is 86.4 Å². The summed E-state index contributed by atoms with van der Waals surface area (Å²) in [5.74, 6) is 0.958. The molecular weight excluding hydrogens is 230 g/mol. The van der Waals surface area contributed by atoms with Crippen molar-refractivity contribution in [3.05, 3.63) is 22.2 Å². The number of hydrogen-bond donors (Lipinski definition) is 1. The summed E-state index contributed by atoms with van der Waals surface area (Å²) in [7, 11) is 0. The second-order valence-electron chi connectivity index (χ2n) is 3.41. The standard InChI is InChI=1S/C10H12BrNO/c1-6-3-10-9(4-8(6)11)12-5-7(2)13-10/h3-4,7,12H,5H2,1-2H3/t7-/m0/s1. The van der Waals surface area contributed by atoms with Crippen molar-refractivity contribution in [3.63, 3.8) is 0 Å². The molecule has 0 saturated carbocycles. The average molecular weight is 242 g/mol. The third-order valence-electron chi connectivity index (χ3n) is 2.17. The van der Waals surface area contributed by atoms with Crippen LogP contribution in [0.25, 0.3) is 0 Å². The summed E-state index contributed by atoms with van der Waals surface area (Å²) in [6, 6.07) is 4.12. The van der Waals surface area contributed by atoms with Gasteiger partial charge in [0.1, 0.15) is 11.9 Å². The second kappa shape index (κ2) is 3.22. The van der Waals surface area contributed by atoms with E-state index in [1.54, 1.807) is 0 Å². The molecule has 0 spiro atoms. The fraction of sp³-hybridized carbons (Fsp3) is 0.400. The summed E-state index contributed by atoms with van der Waals surface area (Å²) in [5, 5.41) is 3.33. The van der Waals surface area contributed by atoms with Crippen LogP contribution in [0.3, 0.4) is 0 Å². The van der Waals surface area contributed by atoms with Gasteiger partial charge >= 0.3 is 0 Å².